The molecule has 19 heavy (non-hydrogen) atoms. The van der Waals surface area contributed by atoms with E-state index < -0.39 is 5.82 Å². The average molecular weight is 296 g/mol. The number of allylic oxidation sites excluding steroid dienone is 2. The minimum Gasteiger partial charge on any atom is -0.273 e. The Labute approximate surface area is 119 Å². The number of halogens is 2. The van der Waals surface area contributed by atoms with Gasteiger partial charge in [0, 0.05) is 5.25 Å². The molecule has 0 radical (unpaired) electrons. The molecule has 1 saturated carbocycles. The lowest BCUT2D eigenvalue weighted by Gasteiger charge is -2.17. The largest absolute Gasteiger partial charge is 0.273 e. The first-order valence-electron chi connectivity index (χ1n) is 6.29. The predicted octanol–water partition coefficient (Wildman–Crippen LogP) is 3.66. The minimum atomic E-state index is -0.455. The molecule has 98 valence electrons. The highest BCUT2D eigenvalue weighted by Crippen LogP contribution is 2.56. The fraction of sp³-hybridized carbons (Fsp3) is 0.357. The van der Waals surface area contributed by atoms with Crippen LogP contribution in [0.5, 0.6) is 0 Å². The highest BCUT2D eigenvalue weighted by molar-refractivity contribution is 8.02. The third-order valence-corrected chi connectivity index (χ3v) is 6.01. The SMILES string of the molecule is O=C1[C@H]2C3C=C[C@@H](C3)[C@H]2SN1c1ccc(F)c(Cl)c1. The summed E-state index contributed by atoms with van der Waals surface area (Å²) in [6.45, 7) is 0. The second-order valence-electron chi connectivity index (χ2n) is 5.28. The fourth-order valence-corrected chi connectivity index (χ4v) is 5.04. The van der Waals surface area contributed by atoms with Crippen molar-refractivity contribution in [1.82, 2.24) is 0 Å². The zero-order chi connectivity index (χ0) is 13.1. The third kappa shape index (κ3) is 1.59. The van der Waals surface area contributed by atoms with Crippen molar-refractivity contribution in [3.05, 3.63) is 41.2 Å². The molecule has 1 heterocycles. The van der Waals surface area contributed by atoms with E-state index in [1.54, 1.807) is 22.3 Å². The van der Waals surface area contributed by atoms with Gasteiger partial charge in [0.05, 0.1) is 16.6 Å². The van der Waals surface area contributed by atoms with E-state index in [0.717, 1.165) is 6.42 Å². The number of fused-ring (bicyclic) bond motifs is 5. The highest BCUT2D eigenvalue weighted by atomic mass is 35.5. The molecule has 2 aliphatic carbocycles. The molecule has 0 spiro atoms. The first-order valence-corrected chi connectivity index (χ1v) is 7.51. The van der Waals surface area contributed by atoms with Gasteiger partial charge in [-0.1, -0.05) is 23.8 Å². The Hall–Kier alpha value is -1.00. The molecule has 0 N–H and O–H groups in total. The topological polar surface area (TPSA) is 20.3 Å². The number of carbonyl (C=O) groups excluding carboxylic acids is 1. The van der Waals surface area contributed by atoms with E-state index in [-0.39, 0.29) is 16.8 Å². The van der Waals surface area contributed by atoms with Crippen LogP contribution in [-0.4, -0.2) is 11.2 Å². The molecule has 4 atom stereocenters. The van der Waals surface area contributed by atoms with E-state index in [1.165, 1.54) is 12.1 Å². The van der Waals surface area contributed by atoms with Crippen molar-refractivity contribution < 1.29 is 9.18 Å². The number of hydrogen-bond acceptors (Lipinski definition) is 2. The van der Waals surface area contributed by atoms with Crippen LogP contribution < -0.4 is 4.31 Å². The van der Waals surface area contributed by atoms with E-state index in [0.29, 0.717) is 22.8 Å². The maximum atomic E-state index is 13.2. The number of hydrogen-bond donors (Lipinski definition) is 0. The van der Waals surface area contributed by atoms with Crippen LogP contribution in [-0.2, 0) is 4.79 Å². The summed E-state index contributed by atoms with van der Waals surface area (Å²) in [5.41, 5.74) is 0.676. The number of benzene rings is 1. The smallest absolute Gasteiger partial charge is 0.242 e. The van der Waals surface area contributed by atoms with Gasteiger partial charge in [-0.25, -0.2) is 4.39 Å². The maximum absolute atomic E-state index is 13.2. The molecule has 3 aliphatic rings. The number of rotatable bonds is 1. The molecule has 4 rings (SSSR count). The molecule has 2 bridgehead atoms. The van der Waals surface area contributed by atoms with Crippen molar-refractivity contribution in [3.8, 4) is 0 Å². The molecule has 5 heteroatoms. The van der Waals surface area contributed by atoms with E-state index in [9.17, 15) is 9.18 Å². The molecule has 1 saturated heterocycles. The van der Waals surface area contributed by atoms with Crippen molar-refractivity contribution in [1.29, 1.82) is 0 Å². The van der Waals surface area contributed by atoms with Crippen LogP contribution in [0.15, 0.2) is 30.4 Å². The Morgan fingerprint density at radius 1 is 1.32 bits per heavy atom. The maximum Gasteiger partial charge on any atom is 0.242 e. The Kier molecular flexibility index (Phi) is 2.48. The summed E-state index contributed by atoms with van der Waals surface area (Å²) in [6, 6.07) is 4.45. The van der Waals surface area contributed by atoms with Crippen LogP contribution in [0.25, 0.3) is 0 Å². The molecule has 1 unspecified atom stereocenters. The summed E-state index contributed by atoms with van der Waals surface area (Å²) < 4.78 is 14.9. The van der Waals surface area contributed by atoms with Crippen LogP contribution in [0, 0.1) is 23.6 Å². The average Bonchev–Trinajstić information content (AvgIpc) is 3.06. The van der Waals surface area contributed by atoms with Gasteiger partial charge in [0.2, 0.25) is 5.91 Å². The van der Waals surface area contributed by atoms with Crippen molar-refractivity contribution in [3.63, 3.8) is 0 Å². The van der Waals surface area contributed by atoms with Gasteiger partial charge in [0.15, 0.2) is 0 Å². The molecule has 2 nitrogen and oxygen atoms in total. The monoisotopic (exact) mass is 295 g/mol. The zero-order valence-electron chi connectivity index (χ0n) is 9.92. The number of carbonyl (C=O) groups is 1. The Morgan fingerprint density at radius 2 is 2.11 bits per heavy atom. The first-order chi connectivity index (χ1) is 9.15. The second-order valence-corrected chi connectivity index (χ2v) is 6.80. The summed E-state index contributed by atoms with van der Waals surface area (Å²) in [6.07, 6.45) is 5.50. The fourth-order valence-electron chi connectivity index (χ4n) is 3.35. The molecule has 1 amide bonds. The van der Waals surface area contributed by atoms with Crippen LogP contribution in [0.1, 0.15) is 6.42 Å². The zero-order valence-corrected chi connectivity index (χ0v) is 11.5. The van der Waals surface area contributed by atoms with E-state index in [2.05, 4.69) is 12.2 Å². The summed E-state index contributed by atoms with van der Waals surface area (Å²) in [5.74, 6) is 0.656. The van der Waals surface area contributed by atoms with Gasteiger partial charge in [-0.3, -0.25) is 9.10 Å². The second kappa shape index (κ2) is 4.00. The predicted molar refractivity (Wildman–Crippen MR) is 74.5 cm³/mol. The minimum absolute atomic E-state index is 0.0593. The van der Waals surface area contributed by atoms with E-state index in [4.69, 9.17) is 11.6 Å². The number of nitrogens with zero attached hydrogens (tertiary/aromatic N) is 1. The first kappa shape index (κ1) is 11.8. The van der Waals surface area contributed by atoms with Crippen molar-refractivity contribution in [2.45, 2.75) is 11.7 Å². The van der Waals surface area contributed by atoms with Gasteiger partial charge >= 0.3 is 0 Å². The Balaban J connectivity index is 1.68. The van der Waals surface area contributed by atoms with Crippen LogP contribution in [0.4, 0.5) is 10.1 Å². The van der Waals surface area contributed by atoms with Gasteiger partial charge in [-0.05, 0) is 48.4 Å². The van der Waals surface area contributed by atoms with Crippen molar-refractivity contribution >= 4 is 35.1 Å². The molecular weight excluding hydrogens is 285 g/mol. The quantitative estimate of drug-likeness (QED) is 0.582. The molecule has 1 aliphatic heterocycles. The summed E-state index contributed by atoms with van der Waals surface area (Å²) in [7, 11) is 0. The summed E-state index contributed by atoms with van der Waals surface area (Å²) >= 11 is 7.37. The number of amides is 1. The van der Waals surface area contributed by atoms with Crippen LogP contribution in [0.3, 0.4) is 0 Å². The van der Waals surface area contributed by atoms with Gasteiger partial charge < -0.3 is 0 Å². The van der Waals surface area contributed by atoms with Gasteiger partial charge in [-0.15, -0.1) is 0 Å². The van der Waals surface area contributed by atoms with Crippen molar-refractivity contribution in [2.24, 2.45) is 17.8 Å². The van der Waals surface area contributed by atoms with Crippen LogP contribution in [0.2, 0.25) is 5.02 Å². The summed E-state index contributed by atoms with van der Waals surface area (Å²) in [5, 5.41) is 0.399. The standard InChI is InChI=1S/C14H11ClFNOS/c15-10-6-9(3-4-11(10)16)17-14(18)12-7-1-2-8(5-7)13(12)19-17/h1-4,6-8,12-13H,5H2/t7?,8-,12-,13+/m0/s1. The van der Waals surface area contributed by atoms with E-state index >= 15 is 0 Å². The third-order valence-electron chi connectivity index (χ3n) is 4.24. The lowest BCUT2D eigenvalue weighted by molar-refractivity contribution is -0.120. The highest BCUT2D eigenvalue weighted by Gasteiger charge is 2.55. The molecule has 1 aromatic carbocycles. The molecule has 0 aromatic heterocycles. The lowest BCUT2D eigenvalue weighted by Crippen LogP contribution is -2.27. The van der Waals surface area contributed by atoms with E-state index in [1.807, 2.05) is 0 Å². The van der Waals surface area contributed by atoms with Gasteiger partial charge in [-0.2, -0.15) is 0 Å². The van der Waals surface area contributed by atoms with Crippen molar-refractivity contribution in [2.75, 3.05) is 4.31 Å². The molecular formula is C14H11ClFNOS. The summed E-state index contributed by atoms with van der Waals surface area (Å²) in [4.78, 5) is 12.5. The number of anilines is 1. The van der Waals surface area contributed by atoms with Gasteiger partial charge in [0.1, 0.15) is 5.82 Å². The van der Waals surface area contributed by atoms with Gasteiger partial charge in [0.25, 0.3) is 0 Å². The Morgan fingerprint density at radius 3 is 2.84 bits per heavy atom. The molecule has 2 fully saturated rings. The Bertz CT molecular complexity index is 605. The van der Waals surface area contributed by atoms with Crippen LogP contribution >= 0.6 is 23.5 Å². The molecule has 1 aromatic rings. The normalized spacial score (nSPS) is 35.3. The lowest BCUT2D eigenvalue weighted by atomic mass is 9.92.